The minimum Gasteiger partial charge on any atom is -0.394 e. The van der Waals surface area contributed by atoms with Gasteiger partial charge in [-0.05, 0) is 89.9 Å². The van der Waals surface area contributed by atoms with Crippen molar-refractivity contribution in [1.29, 1.82) is 0 Å². The van der Waals surface area contributed by atoms with Gasteiger partial charge in [-0.3, -0.25) is 4.79 Å². The van der Waals surface area contributed by atoms with Crippen molar-refractivity contribution in [2.24, 2.45) is 0 Å². The lowest BCUT2D eigenvalue weighted by atomic mass is 9.97. The van der Waals surface area contributed by atoms with Gasteiger partial charge in [0.25, 0.3) is 0 Å². The quantitative estimate of drug-likeness (QED) is 0.0204. The maximum absolute atomic E-state index is 13.4. The number of allylic oxidation sites excluding steroid dienone is 20. The van der Waals surface area contributed by atoms with Gasteiger partial charge in [-0.2, -0.15) is 0 Å². The number of hydrogen-bond acceptors (Lipinski definition) is 13. The molecule has 0 aromatic carbocycles. The van der Waals surface area contributed by atoms with Gasteiger partial charge in [-0.25, -0.2) is 0 Å². The number of rotatable bonds is 67. The predicted octanol–water partition coefficient (Wildman–Crippen LogP) is 18.8. The van der Waals surface area contributed by atoms with E-state index in [0.29, 0.717) is 12.8 Å². The van der Waals surface area contributed by atoms with Crippen LogP contribution in [0.25, 0.3) is 0 Å². The van der Waals surface area contributed by atoms with Crippen LogP contribution in [0.1, 0.15) is 322 Å². The van der Waals surface area contributed by atoms with Crippen molar-refractivity contribution in [2.75, 3.05) is 19.8 Å². The lowest BCUT2D eigenvalue weighted by Gasteiger charge is -2.46. The maximum atomic E-state index is 13.4. The van der Waals surface area contributed by atoms with E-state index in [1.807, 2.05) is 0 Å². The SMILES string of the molecule is CC/C=C\C/C=C\C/C=C\C/C=C\C/C=C\C/C=C\C/C=C\C/C=C\C/C=C\C/C=C\CCCCCCC(=O)NC(COC1OC(CO)C(OC2OC(CO)C(O)C(O)C2O)C(O)C1O)C(O)CCCCCCCCCCCCCCCCCCCCCCCCCCCCCCCCC. The number of aliphatic hydroxyl groups is 8. The first-order chi connectivity index (χ1) is 49.1. The Morgan fingerprint density at radius 2 is 0.690 bits per heavy atom. The van der Waals surface area contributed by atoms with E-state index in [1.165, 1.54) is 173 Å². The Kier molecular flexibility index (Phi) is 63.3. The van der Waals surface area contributed by atoms with Crippen molar-refractivity contribution in [1.82, 2.24) is 5.32 Å². The fourth-order valence-electron chi connectivity index (χ4n) is 12.8. The van der Waals surface area contributed by atoms with Crippen molar-refractivity contribution >= 4 is 5.91 Å². The largest absolute Gasteiger partial charge is 0.394 e. The molecule has 2 fully saturated rings. The number of carbonyl (C=O) groups excluding carboxylic acids is 1. The molecule has 0 saturated carbocycles. The first kappa shape index (κ1) is 92.5. The molecule has 100 heavy (non-hydrogen) atoms. The zero-order valence-electron chi connectivity index (χ0n) is 63.2. The zero-order valence-corrected chi connectivity index (χ0v) is 63.2. The second-order valence-electron chi connectivity index (χ2n) is 28.2. The highest BCUT2D eigenvalue weighted by molar-refractivity contribution is 5.76. The zero-order chi connectivity index (χ0) is 72.2. The molecule has 0 bridgehead atoms. The fourth-order valence-corrected chi connectivity index (χ4v) is 12.8. The predicted molar refractivity (Wildman–Crippen MR) is 415 cm³/mol. The van der Waals surface area contributed by atoms with Crippen LogP contribution in [0.15, 0.2) is 122 Å². The molecule has 9 N–H and O–H groups in total. The summed E-state index contributed by atoms with van der Waals surface area (Å²) in [4.78, 5) is 13.4. The fraction of sp³-hybridized carbons (Fsp3) is 0.756. The van der Waals surface area contributed by atoms with Gasteiger partial charge >= 0.3 is 0 Å². The smallest absolute Gasteiger partial charge is 0.220 e. The summed E-state index contributed by atoms with van der Waals surface area (Å²) in [5, 5.41) is 87.9. The molecule has 14 nitrogen and oxygen atoms in total. The standard InChI is InChI=1S/C86H149NO13/c1-3-5-7-9-11-13-15-17-19-21-23-25-27-29-31-33-35-36-37-38-40-42-44-46-48-50-52-54-56-58-60-62-64-66-68-70-78(91)87-74(73-97-85-83(96)81(94)84(77(72-89)99-85)100-86-82(95)80(93)79(92)76(71-88)98-86)75(90)69-67-65-63-61-59-57-55-53-51-49-47-45-43-41-39-34-32-30-28-26-24-22-20-18-16-14-12-10-8-6-4-2/h5,7,11,13,17,19,23,25,29,31,35-36,38,40,44,46,50,52,56,58,74-77,79-86,88-90,92-96H,3-4,6,8-10,12,14-16,18,20-22,24,26-28,30,32-34,37,39,41-43,45,47-49,51,53-55,57,59-73H2,1-2H3,(H,87,91)/b7-5-,13-11-,19-17-,25-23-,31-29-,36-35-,40-38-,46-44-,52-50-,58-56-. The second kappa shape index (κ2) is 68.5. The van der Waals surface area contributed by atoms with Crippen LogP contribution in [0, 0.1) is 0 Å². The summed E-state index contributed by atoms with van der Waals surface area (Å²) in [5.74, 6) is -0.232. The number of carbonyl (C=O) groups is 1. The Morgan fingerprint density at radius 1 is 0.370 bits per heavy atom. The number of amides is 1. The van der Waals surface area contributed by atoms with Gasteiger partial charge in [-0.15, -0.1) is 0 Å². The Bertz CT molecular complexity index is 2150. The number of hydrogen-bond donors (Lipinski definition) is 9. The first-order valence-corrected chi connectivity index (χ1v) is 40.8. The first-order valence-electron chi connectivity index (χ1n) is 40.8. The molecule has 2 aliphatic heterocycles. The average Bonchev–Trinajstić information content (AvgIpc) is 0.790. The second-order valence-corrected chi connectivity index (χ2v) is 28.2. The molecular weight excluding hydrogens is 1250 g/mol. The maximum Gasteiger partial charge on any atom is 0.220 e. The lowest BCUT2D eigenvalue weighted by molar-refractivity contribution is -0.359. The van der Waals surface area contributed by atoms with Gasteiger partial charge < -0.3 is 65.1 Å². The Hall–Kier alpha value is -3.61. The van der Waals surface area contributed by atoms with Crippen LogP contribution >= 0.6 is 0 Å². The molecule has 2 heterocycles. The topological polar surface area (TPSA) is 228 Å². The summed E-state index contributed by atoms with van der Waals surface area (Å²) in [6.45, 7) is 2.76. The molecule has 12 unspecified atom stereocenters. The Labute approximate surface area is 609 Å². The summed E-state index contributed by atoms with van der Waals surface area (Å²) in [5.41, 5.74) is 0. The number of aliphatic hydroxyl groups excluding tert-OH is 8. The molecule has 0 aromatic rings. The summed E-state index contributed by atoms with van der Waals surface area (Å²) in [7, 11) is 0. The van der Waals surface area contributed by atoms with E-state index < -0.39 is 86.8 Å². The minimum atomic E-state index is -1.79. The van der Waals surface area contributed by atoms with Crippen LogP contribution in [-0.4, -0.2) is 140 Å². The third kappa shape index (κ3) is 50.7. The van der Waals surface area contributed by atoms with Crippen LogP contribution in [0.4, 0.5) is 0 Å². The lowest BCUT2D eigenvalue weighted by Crippen LogP contribution is -2.65. The normalized spacial score (nSPS) is 22.5. The summed E-state index contributed by atoms with van der Waals surface area (Å²) >= 11 is 0. The number of ether oxygens (including phenoxy) is 4. The van der Waals surface area contributed by atoms with E-state index in [4.69, 9.17) is 18.9 Å². The third-order valence-corrected chi connectivity index (χ3v) is 19.2. The van der Waals surface area contributed by atoms with E-state index >= 15 is 0 Å². The molecule has 2 saturated heterocycles. The van der Waals surface area contributed by atoms with Gasteiger partial charge in [0, 0.05) is 6.42 Å². The van der Waals surface area contributed by atoms with Gasteiger partial charge in [0.05, 0.1) is 32.0 Å². The Balaban J connectivity index is 1.64. The third-order valence-electron chi connectivity index (χ3n) is 19.2. The molecule has 12 atom stereocenters. The van der Waals surface area contributed by atoms with E-state index in [0.717, 1.165) is 116 Å². The van der Waals surface area contributed by atoms with Crippen molar-refractivity contribution in [3.63, 3.8) is 0 Å². The minimum absolute atomic E-state index is 0.232. The van der Waals surface area contributed by atoms with Crippen LogP contribution in [0.2, 0.25) is 0 Å². The molecular formula is C86H149NO13. The van der Waals surface area contributed by atoms with Gasteiger partial charge in [-0.1, -0.05) is 347 Å². The molecule has 2 aliphatic rings. The molecule has 14 heteroatoms. The number of nitrogens with one attached hydrogen (secondary N) is 1. The highest BCUT2D eigenvalue weighted by Gasteiger charge is 2.51. The van der Waals surface area contributed by atoms with E-state index in [1.54, 1.807) is 0 Å². The van der Waals surface area contributed by atoms with Crippen LogP contribution < -0.4 is 5.32 Å². The summed E-state index contributed by atoms with van der Waals surface area (Å²) in [6.07, 6.45) is 83.7. The highest BCUT2D eigenvalue weighted by atomic mass is 16.7. The van der Waals surface area contributed by atoms with Crippen LogP contribution in [0.5, 0.6) is 0 Å². The summed E-state index contributed by atoms with van der Waals surface area (Å²) < 4.78 is 23.0. The Morgan fingerprint density at radius 3 is 1.06 bits per heavy atom. The monoisotopic (exact) mass is 1400 g/mol. The molecule has 2 rings (SSSR count). The van der Waals surface area contributed by atoms with Crippen molar-refractivity contribution in [3.05, 3.63) is 122 Å². The molecule has 0 spiro atoms. The molecule has 0 radical (unpaired) electrons. The molecule has 0 aliphatic carbocycles. The highest BCUT2D eigenvalue weighted by Crippen LogP contribution is 2.30. The molecule has 0 aromatic heterocycles. The summed E-state index contributed by atoms with van der Waals surface area (Å²) in [6, 6.07) is -0.855. The van der Waals surface area contributed by atoms with E-state index in [-0.39, 0.29) is 18.9 Å². The number of unbranched alkanes of at least 4 members (excludes halogenated alkanes) is 34. The van der Waals surface area contributed by atoms with Crippen LogP contribution in [-0.2, 0) is 23.7 Å². The van der Waals surface area contributed by atoms with Crippen LogP contribution in [0.3, 0.4) is 0 Å². The molecule has 1 amide bonds. The van der Waals surface area contributed by atoms with Crippen molar-refractivity contribution < 1.29 is 64.6 Å². The molecule has 576 valence electrons. The van der Waals surface area contributed by atoms with E-state index in [2.05, 4.69) is 141 Å². The van der Waals surface area contributed by atoms with E-state index in [9.17, 15) is 45.6 Å². The van der Waals surface area contributed by atoms with Gasteiger partial charge in [0.15, 0.2) is 12.6 Å². The van der Waals surface area contributed by atoms with Crippen molar-refractivity contribution in [2.45, 2.75) is 396 Å². The van der Waals surface area contributed by atoms with Crippen molar-refractivity contribution in [3.8, 4) is 0 Å². The average molecular weight is 1410 g/mol. The van der Waals surface area contributed by atoms with Gasteiger partial charge in [0.1, 0.15) is 48.8 Å². The van der Waals surface area contributed by atoms with Gasteiger partial charge in [0.2, 0.25) is 5.91 Å².